The maximum atomic E-state index is 13.5. The third-order valence-corrected chi connectivity index (χ3v) is 4.57. The number of halogens is 2. The molecule has 0 radical (unpaired) electrons. The van der Waals surface area contributed by atoms with Gasteiger partial charge >= 0.3 is 5.97 Å². The molecule has 0 aliphatic carbocycles. The van der Waals surface area contributed by atoms with Gasteiger partial charge in [0.2, 0.25) is 0 Å². The van der Waals surface area contributed by atoms with Gasteiger partial charge in [0.25, 0.3) is 0 Å². The number of methoxy groups -OCH3 is 1. The predicted octanol–water partition coefficient (Wildman–Crippen LogP) is 4.99. The van der Waals surface area contributed by atoms with Crippen LogP contribution in [0.4, 0.5) is 4.39 Å². The van der Waals surface area contributed by atoms with Crippen LogP contribution in [0.5, 0.6) is 0 Å². The lowest BCUT2D eigenvalue weighted by molar-refractivity contribution is -0.140. The number of hydrogen-bond acceptors (Lipinski definition) is 3. The van der Waals surface area contributed by atoms with E-state index in [0.717, 1.165) is 27.7 Å². The molecule has 26 heavy (non-hydrogen) atoms. The fraction of sp³-hybridized carbons (Fsp3) is 0.200. The molecule has 3 aromatic rings. The molecular weight excluding hydrogens is 355 g/mol. The van der Waals surface area contributed by atoms with Crippen LogP contribution < -0.4 is 0 Å². The van der Waals surface area contributed by atoms with E-state index in [9.17, 15) is 14.4 Å². The van der Waals surface area contributed by atoms with Crippen molar-refractivity contribution in [3.05, 3.63) is 58.4 Å². The van der Waals surface area contributed by atoms with E-state index in [2.05, 4.69) is 15.8 Å². The molecule has 1 N–H and O–H groups in total. The molecule has 0 spiro atoms. The number of carbonyl (C=O) groups excluding carboxylic acids is 1. The summed E-state index contributed by atoms with van der Waals surface area (Å²) in [5.41, 5.74) is 3.94. The number of H-pyrrole nitrogens is 1. The minimum absolute atomic E-state index is 0.0411. The Bertz CT molecular complexity index is 1020. The Kier molecular flexibility index (Phi) is 5.24. The molecule has 0 saturated heterocycles. The van der Waals surface area contributed by atoms with Gasteiger partial charge in [-0.2, -0.15) is 5.26 Å². The van der Waals surface area contributed by atoms with Crippen LogP contribution >= 0.6 is 11.6 Å². The number of fused-ring (bicyclic) bond motifs is 1. The first-order valence-electron chi connectivity index (χ1n) is 8.10. The van der Waals surface area contributed by atoms with Crippen molar-refractivity contribution < 1.29 is 13.9 Å². The lowest BCUT2D eigenvalue weighted by Crippen LogP contribution is -2.00. The van der Waals surface area contributed by atoms with Gasteiger partial charge in [-0.05, 0) is 60.4 Å². The summed E-state index contributed by atoms with van der Waals surface area (Å²) in [6.07, 6.45) is 1.50. The third-order valence-electron chi connectivity index (χ3n) is 4.28. The number of hydrogen-bond donors (Lipinski definition) is 1. The molecule has 0 atom stereocenters. The number of benzene rings is 2. The summed E-state index contributed by atoms with van der Waals surface area (Å²) in [6, 6.07) is 12.1. The minimum Gasteiger partial charge on any atom is -0.469 e. The van der Waals surface area contributed by atoms with Crippen LogP contribution in [0.1, 0.15) is 24.0 Å². The molecule has 1 aromatic heterocycles. The highest BCUT2D eigenvalue weighted by Gasteiger charge is 2.15. The van der Waals surface area contributed by atoms with Crippen LogP contribution in [-0.2, 0) is 16.0 Å². The molecule has 0 bridgehead atoms. The van der Waals surface area contributed by atoms with Gasteiger partial charge in [-0.3, -0.25) is 4.79 Å². The van der Waals surface area contributed by atoms with Gasteiger partial charge in [-0.25, -0.2) is 4.39 Å². The Morgan fingerprint density at radius 3 is 2.81 bits per heavy atom. The Labute approximate surface area is 155 Å². The van der Waals surface area contributed by atoms with Crippen molar-refractivity contribution in [2.24, 2.45) is 0 Å². The number of aromatic amines is 1. The highest BCUT2D eigenvalue weighted by atomic mass is 35.5. The first kappa shape index (κ1) is 18.0. The van der Waals surface area contributed by atoms with Crippen LogP contribution in [0.2, 0.25) is 5.02 Å². The zero-order valence-electron chi connectivity index (χ0n) is 14.1. The van der Waals surface area contributed by atoms with Gasteiger partial charge in [0, 0.05) is 23.0 Å². The molecule has 132 valence electrons. The number of nitriles is 1. The van der Waals surface area contributed by atoms with Gasteiger partial charge in [0.05, 0.1) is 23.8 Å². The molecule has 3 rings (SSSR count). The van der Waals surface area contributed by atoms with Crippen LogP contribution in [0.25, 0.3) is 22.2 Å². The minimum atomic E-state index is -0.481. The van der Waals surface area contributed by atoms with Gasteiger partial charge in [0.15, 0.2) is 0 Å². The van der Waals surface area contributed by atoms with Gasteiger partial charge < -0.3 is 9.72 Å². The molecule has 2 aromatic carbocycles. The molecule has 0 amide bonds. The molecular formula is C20H16ClFN2O2. The first-order chi connectivity index (χ1) is 12.5. The fourth-order valence-electron chi connectivity index (χ4n) is 2.99. The molecule has 4 nitrogen and oxygen atoms in total. The summed E-state index contributed by atoms with van der Waals surface area (Å²) in [7, 11) is 1.36. The second-order valence-electron chi connectivity index (χ2n) is 5.91. The molecule has 6 heteroatoms. The molecule has 0 aliphatic heterocycles. The number of aryl methyl sites for hydroxylation is 1. The highest BCUT2D eigenvalue weighted by Crippen LogP contribution is 2.34. The first-order valence-corrected chi connectivity index (χ1v) is 8.48. The molecule has 0 unspecified atom stereocenters. The number of ether oxygens (including phenoxy) is 1. The predicted molar refractivity (Wildman–Crippen MR) is 98.4 cm³/mol. The molecule has 0 aliphatic rings. The number of rotatable bonds is 5. The summed E-state index contributed by atoms with van der Waals surface area (Å²) in [4.78, 5) is 14.7. The Morgan fingerprint density at radius 1 is 1.31 bits per heavy atom. The zero-order chi connectivity index (χ0) is 18.7. The van der Waals surface area contributed by atoms with Crippen LogP contribution in [0.15, 0.2) is 36.4 Å². The maximum Gasteiger partial charge on any atom is 0.305 e. The summed E-state index contributed by atoms with van der Waals surface area (Å²) < 4.78 is 18.2. The Balaban J connectivity index is 2.08. The quantitative estimate of drug-likeness (QED) is 0.643. The van der Waals surface area contributed by atoms with Crippen molar-refractivity contribution in [3.63, 3.8) is 0 Å². The van der Waals surface area contributed by atoms with Crippen molar-refractivity contribution in [2.45, 2.75) is 19.3 Å². The maximum absolute atomic E-state index is 13.5. The summed E-state index contributed by atoms with van der Waals surface area (Å²) in [5.74, 6) is -0.750. The largest absolute Gasteiger partial charge is 0.469 e. The highest BCUT2D eigenvalue weighted by molar-refractivity contribution is 6.31. The normalized spacial score (nSPS) is 10.7. The number of nitrogens with one attached hydrogen (secondary N) is 1. The summed E-state index contributed by atoms with van der Waals surface area (Å²) in [5, 5.41) is 10.1. The number of carbonyl (C=O) groups is 1. The molecule has 0 saturated carbocycles. The average molecular weight is 371 g/mol. The van der Waals surface area contributed by atoms with E-state index in [1.165, 1.54) is 13.2 Å². The number of aromatic nitrogens is 1. The van der Waals surface area contributed by atoms with Crippen LogP contribution in [-0.4, -0.2) is 18.1 Å². The van der Waals surface area contributed by atoms with E-state index in [-0.39, 0.29) is 11.0 Å². The number of nitrogens with zero attached hydrogens (tertiary/aromatic N) is 1. The number of esters is 1. The van der Waals surface area contributed by atoms with Crippen molar-refractivity contribution in [3.8, 4) is 17.3 Å². The van der Waals surface area contributed by atoms with Gasteiger partial charge in [0.1, 0.15) is 5.82 Å². The van der Waals surface area contributed by atoms with Crippen LogP contribution in [0, 0.1) is 17.1 Å². The fourth-order valence-corrected chi connectivity index (χ4v) is 3.17. The summed E-state index contributed by atoms with van der Waals surface area (Å²) in [6.45, 7) is 0. The second kappa shape index (κ2) is 7.59. The molecule has 0 fully saturated rings. The van der Waals surface area contributed by atoms with E-state index in [4.69, 9.17) is 11.6 Å². The van der Waals surface area contributed by atoms with E-state index in [1.54, 1.807) is 18.2 Å². The van der Waals surface area contributed by atoms with E-state index in [0.29, 0.717) is 24.8 Å². The van der Waals surface area contributed by atoms with Crippen molar-refractivity contribution in [2.75, 3.05) is 7.11 Å². The smallest absolute Gasteiger partial charge is 0.305 e. The van der Waals surface area contributed by atoms with E-state index in [1.807, 2.05) is 12.1 Å². The van der Waals surface area contributed by atoms with Crippen molar-refractivity contribution in [1.82, 2.24) is 4.98 Å². The lowest BCUT2D eigenvalue weighted by Gasteiger charge is -2.06. The zero-order valence-corrected chi connectivity index (χ0v) is 14.9. The van der Waals surface area contributed by atoms with Crippen molar-refractivity contribution >= 4 is 28.5 Å². The second-order valence-corrected chi connectivity index (χ2v) is 6.32. The molecule has 1 heterocycles. The van der Waals surface area contributed by atoms with Crippen LogP contribution in [0.3, 0.4) is 0 Å². The van der Waals surface area contributed by atoms with Gasteiger partial charge in [-0.1, -0.05) is 11.6 Å². The lowest BCUT2D eigenvalue weighted by atomic mass is 9.99. The average Bonchev–Trinajstić information content (AvgIpc) is 3.01. The van der Waals surface area contributed by atoms with E-state index >= 15 is 0 Å². The third kappa shape index (κ3) is 3.56. The Hall–Kier alpha value is -2.84. The van der Waals surface area contributed by atoms with Crippen molar-refractivity contribution in [1.29, 1.82) is 5.26 Å². The summed E-state index contributed by atoms with van der Waals surface area (Å²) >= 11 is 5.93. The monoisotopic (exact) mass is 370 g/mol. The standard InChI is InChI=1S/C20H16ClFN2O2/c1-26-19(25)4-2-3-14-15-9-12(11-23)5-8-18(15)24-20(14)13-6-7-17(22)16(21)10-13/h5-10,24H,2-4H2,1H3. The topological polar surface area (TPSA) is 65.9 Å². The van der Waals surface area contributed by atoms with Gasteiger partial charge in [-0.15, -0.1) is 0 Å². The SMILES string of the molecule is COC(=O)CCCc1c(-c2ccc(F)c(Cl)c2)[nH]c2ccc(C#N)cc12. The van der Waals surface area contributed by atoms with E-state index < -0.39 is 5.82 Å². The Morgan fingerprint density at radius 2 is 2.12 bits per heavy atom.